The normalized spacial score (nSPS) is 11.6. The van der Waals surface area contributed by atoms with Crippen molar-refractivity contribution in [2.45, 2.75) is 12.6 Å². The lowest BCUT2D eigenvalue weighted by atomic mass is 10.3. The fourth-order valence-electron chi connectivity index (χ4n) is 1.04. The zero-order valence-corrected chi connectivity index (χ0v) is 9.42. The van der Waals surface area contributed by atoms with E-state index in [-0.39, 0.29) is 10.2 Å². The molecule has 1 aromatic rings. The molecule has 0 aliphatic carbocycles. The van der Waals surface area contributed by atoms with Crippen LogP contribution in [0.15, 0.2) is 16.6 Å². The minimum Gasteiger partial charge on any atom is -0.381 e. The molecular weight excluding hydrogens is 297 g/mol. The number of alkyl halides is 3. The van der Waals surface area contributed by atoms with Crippen molar-refractivity contribution in [3.05, 3.63) is 28.2 Å². The number of hydrogen-bond acceptors (Lipinski definition) is 1. The predicted molar refractivity (Wildman–Crippen MR) is 53.2 cm³/mol. The molecule has 0 unspecified atom stereocenters. The van der Waals surface area contributed by atoms with Gasteiger partial charge < -0.3 is 5.32 Å². The highest BCUT2D eigenvalue weighted by Crippen LogP contribution is 2.27. The predicted octanol–water partition coefficient (Wildman–Crippen LogP) is 4.09. The van der Waals surface area contributed by atoms with E-state index in [1.54, 1.807) is 0 Å². The van der Waals surface area contributed by atoms with Crippen LogP contribution in [0.3, 0.4) is 0 Å². The highest BCUT2D eigenvalue weighted by Gasteiger charge is 2.26. The van der Waals surface area contributed by atoms with Crippen LogP contribution in [-0.2, 0) is 0 Å². The van der Waals surface area contributed by atoms with Gasteiger partial charge in [0.2, 0.25) is 0 Å². The number of rotatable bonds is 3. The molecular formula is C9H7BrF5N. The first-order valence-corrected chi connectivity index (χ1v) is 5.04. The van der Waals surface area contributed by atoms with Crippen LogP contribution in [0.4, 0.5) is 27.6 Å². The molecule has 0 atom stereocenters. The minimum atomic E-state index is -4.31. The Kier molecular flexibility index (Phi) is 4.12. The van der Waals surface area contributed by atoms with Crippen LogP contribution < -0.4 is 5.32 Å². The van der Waals surface area contributed by atoms with Gasteiger partial charge in [-0.15, -0.1) is 0 Å². The van der Waals surface area contributed by atoms with Crippen molar-refractivity contribution in [2.75, 3.05) is 11.9 Å². The first-order chi connectivity index (χ1) is 7.29. The van der Waals surface area contributed by atoms with E-state index in [9.17, 15) is 22.0 Å². The van der Waals surface area contributed by atoms with Crippen LogP contribution in [0.2, 0.25) is 0 Å². The van der Waals surface area contributed by atoms with E-state index < -0.39 is 30.8 Å². The van der Waals surface area contributed by atoms with E-state index in [4.69, 9.17) is 0 Å². The van der Waals surface area contributed by atoms with Gasteiger partial charge in [0.05, 0.1) is 12.1 Å². The summed E-state index contributed by atoms with van der Waals surface area (Å²) in [4.78, 5) is 0. The van der Waals surface area contributed by atoms with Crippen LogP contribution in [-0.4, -0.2) is 12.7 Å². The largest absolute Gasteiger partial charge is 0.390 e. The Morgan fingerprint density at radius 3 is 2.31 bits per heavy atom. The maximum absolute atomic E-state index is 13.1. The zero-order chi connectivity index (χ0) is 12.3. The van der Waals surface area contributed by atoms with E-state index >= 15 is 0 Å². The van der Waals surface area contributed by atoms with E-state index in [1.807, 2.05) is 0 Å². The summed E-state index contributed by atoms with van der Waals surface area (Å²) in [6.45, 7) is -0.468. The molecule has 0 saturated carbocycles. The smallest absolute Gasteiger partial charge is 0.381 e. The number of benzene rings is 1. The minimum absolute atomic E-state index is 0.0483. The third-order valence-corrected chi connectivity index (χ3v) is 2.34. The lowest BCUT2D eigenvalue weighted by molar-refractivity contribution is -0.131. The highest BCUT2D eigenvalue weighted by molar-refractivity contribution is 9.10. The number of nitrogens with one attached hydrogen (secondary N) is 1. The third kappa shape index (κ3) is 3.96. The van der Waals surface area contributed by atoms with Crippen LogP contribution in [0.1, 0.15) is 6.42 Å². The van der Waals surface area contributed by atoms with Gasteiger partial charge >= 0.3 is 6.18 Å². The van der Waals surface area contributed by atoms with Gasteiger partial charge in [0.15, 0.2) is 0 Å². The molecule has 0 spiro atoms. The molecule has 0 aliphatic heterocycles. The van der Waals surface area contributed by atoms with Crippen LogP contribution >= 0.6 is 15.9 Å². The molecule has 7 heteroatoms. The summed E-state index contributed by atoms with van der Waals surface area (Å²) in [6.07, 6.45) is -5.40. The van der Waals surface area contributed by atoms with Crippen molar-refractivity contribution in [3.63, 3.8) is 0 Å². The van der Waals surface area contributed by atoms with Gasteiger partial charge in [-0.05, 0) is 22.0 Å². The average molecular weight is 304 g/mol. The molecule has 90 valence electrons. The topological polar surface area (TPSA) is 12.0 Å². The summed E-state index contributed by atoms with van der Waals surface area (Å²) in [5.74, 6) is -1.74. The molecule has 0 amide bonds. The van der Waals surface area contributed by atoms with E-state index in [0.29, 0.717) is 6.07 Å². The monoisotopic (exact) mass is 303 g/mol. The highest BCUT2D eigenvalue weighted by atomic mass is 79.9. The van der Waals surface area contributed by atoms with E-state index in [2.05, 4.69) is 21.2 Å². The average Bonchev–Trinajstić information content (AvgIpc) is 2.07. The Labute approximate surface area is 96.8 Å². The maximum atomic E-state index is 13.1. The van der Waals surface area contributed by atoms with E-state index in [0.717, 1.165) is 6.07 Å². The standard InChI is InChI=1S/C9H7BrF5N/c10-6-3-5(11)4-7(12)8(6)16-2-1-9(13,14)15/h3-4,16H,1-2H2. The van der Waals surface area contributed by atoms with Crippen molar-refractivity contribution in [1.82, 2.24) is 0 Å². The first-order valence-electron chi connectivity index (χ1n) is 4.25. The van der Waals surface area contributed by atoms with Gasteiger partial charge in [0.25, 0.3) is 0 Å². The van der Waals surface area contributed by atoms with Crippen molar-refractivity contribution in [1.29, 1.82) is 0 Å². The lowest BCUT2D eigenvalue weighted by Gasteiger charge is -2.11. The van der Waals surface area contributed by atoms with Gasteiger partial charge in [0, 0.05) is 17.1 Å². The summed E-state index contributed by atoms with van der Waals surface area (Å²) in [7, 11) is 0. The SMILES string of the molecule is Fc1cc(F)c(NCCC(F)(F)F)c(Br)c1. The summed E-state index contributed by atoms with van der Waals surface area (Å²) in [5, 5.41) is 2.26. The molecule has 0 radical (unpaired) electrons. The van der Waals surface area contributed by atoms with Crippen molar-refractivity contribution >= 4 is 21.6 Å². The Bertz CT molecular complexity index is 354. The van der Waals surface area contributed by atoms with Crippen molar-refractivity contribution in [3.8, 4) is 0 Å². The number of halogens is 6. The molecule has 1 N–H and O–H groups in total. The Morgan fingerprint density at radius 2 is 1.81 bits per heavy atom. The lowest BCUT2D eigenvalue weighted by Crippen LogP contribution is -2.15. The van der Waals surface area contributed by atoms with Crippen LogP contribution in [0.5, 0.6) is 0 Å². The molecule has 0 aromatic heterocycles. The van der Waals surface area contributed by atoms with Crippen molar-refractivity contribution in [2.24, 2.45) is 0 Å². The molecule has 16 heavy (non-hydrogen) atoms. The maximum Gasteiger partial charge on any atom is 0.390 e. The molecule has 0 fully saturated rings. The second-order valence-corrected chi connectivity index (χ2v) is 3.89. The van der Waals surface area contributed by atoms with Crippen molar-refractivity contribution < 1.29 is 22.0 Å². The zero-order valence-electron chi connectivity index (χ0n) is 7.84. The molecule has 0 aliphatic rings. The summed E-state index contributed by atoms with van der Waals surface area (Å²) in [6, 6.07) is 1.57. The number of anilines is 1. The fourth-order valence-corrected chi connectivity index (χ4v) is 1.59. The third-order valence-electron chi connectivity index (χ3n) is 1.72. The Hall–Kier alpha value is -0.850. The summed E-state index contributed by atoms with van der Waals surface area (Å²) >= 11 is 2.85. The second-order valence-electron chi connectivity index (χ2n) is 3.04. The summed E-state index contributed by atoms with van der Waals surface area (Å²) < 4.78 is 61.3. The van der Waals surface area contributed by atoms with Gasteiger partial charge in [-0.2, -0.15) is 13.2 Å². The molecule has 1 aromatic carbocycles. The van der Waals surface area contributed by atoms with Crippen LogP contribution in [0, 0.1) is 11.6 Å². The second kappa shape index (κ2) is 4.99. The Morgan fingerprint density at radius 1 is 1.19 bits per heavy atom. The van der Waals surface area contributed by atoms with E-state index in [1.165, 1.54) is 0 Å². The first kappa shape index (κ1) is 13.2. The van der Waals surface area contributed by atoms with Gasteiger partial charge in [-0.3, -0.25) is 0 Å². The number of hydrogen-bond donors (Lipinski definition) is 1. The Balaban J connectivity index is 2.68. The quantitative estimate of drug-likeness (QED) is 0.829. The molecule has 0 saturated heterocycles. The van der Waals surface area contributed by atoms with Crippen LogP contribution in [0.25, 0.3) is 0 Å². The molecule has 0 heterocycles. The summed E-state index contributed by atoms with van der Waals surface area (Å²) in [5.41, 5.74) is -0.175. The van der Waals surface area contributed by atoms with Gasteiger partial charge in [-0.25, -0.2) is 8.78 Å². The molecule has 1 nitrogen and oxygen atoms in total. The molecule has 1 rings (SSSR count). The fraction of sp³-hybridized carbons (Fsp3) is 0.333. The van der Waals surface area contributed by atoms with Gasteiger partial charge in [-0.1, -0.05) is 0 Å². The van der Waals surface area contributed by atoms with Gasteiger partial charge in [0.1, 0.15) is 11.6 Å². The molecule has 0 bridgehead atoms.